The van der Waals surface area contributed by atoms with E-state index in [9.17, 15) is 14.4 Å². The largest absolute Gasteiger partial charge is 0.339 e. The number of anilines is 1. The summed E-state index contributed by atoms with van der Waals surface area (Å²) in [6, 6.07) is 5.10. The minimum Gasteiger partial charge on any atom is -0.339 e. The van der Waals surface area contributed by atoms with Crippen molar-refractivity contribution in [3.8, 4) is 11.4 Å². The van der Waals surface area contributed by atoms with Crippen molar-refractivity contribution in [2.75, 3.05) is 5.32 Å². The number of aryl methyl sites for hydroxylation is 2. The van der Waals surface area contributed by atoms with Crippen molar-refractivity contribution in [1.29, 1.82) is 0 Å². The first-order valence-electron chi connectivity index (χ1n) is 10.1. The Bertz CT molecular complexity index is 1270. The molecule has 10 heteroatoms. The molecule has 3 aromatic rings. The van der Waals surface area contributed by atoms with Crippen LogP contribution >= 0.6 is 11.6 Å². The van der Waals surface area contributed by atoms with E-state index in [0.717, 1.165) is 29.4 Å². The molecule has 1 amide bonds. The van der Waals surface area contributed by atoms with Crippen LogP contribution in [0.4, 0.5) is 5.69 Å². The molecule has 0 unspecified atom stereocenters. The Labute approximate surface area is 182 Å². The lowest BCUT2D eigenvalue weighted by molar-refractivity contribution is -0.116. The Balaban J connectivity index is 1.76. The van der Waals surface area contributed by atoms with Crippen molar-refractivity contribution in [2.45, 2.75) is 52.6 Å². The van der Waals surface area contributed by atoms with E-state index in [-0.39, 0.29) is 11.4 Å². The summed E-state index contributed by atoms with van der Waals surface area (Å²) < 4.78 is 7.55. The van der Waals surface area contributed by atoms with Crippen LogP contribution in [0.5, 0.6) is 0 Å². The number of hydrogen-bond acceptors (Lipinski definition) is 6. The predicted molar refractivity (Wildman–Crippen MR) is 115 cm³/mol. The summed E-state index contributed by atoms with van der Waals surface area (Å²) in [4.78, 5) is 43.3. The maximum Gasteiger partial charge on any atom is 0.331 e. The van der Waals surface area contributed by atoms with Crippen LogP contribution in [0.1, 0.15) is 36.4 Å². The van der Waals surface area contributed by atoms with Crippen LogP contribution in [0.2, 0.25) is 5.02 Å². The summed E-state index contributed by atoms with van der Waals surface area (Å²) >= 11 is 6.11. The van der Waals surface area contributed by atoms with Gasteiger partial charge in [0.15, 0.2) is 0 Å². The lowest BCUT2D eigenvalue weighted by atomic mass is 10.1. The molecule has 1 N–H and O–H groups in total. The van der Waals surface area contributed by atoms with E-state index in [1.807, 2.05) is 6.92 Å². The lowest BCUT2D eigenvalue weighted by Gasteiger charge is -2.16. The zero-order chi connectivity index (χ0) is 22.1. The van der Waals surface area contributed by atoms with Gasteiger partial charge >= 0.3 is 5.69 Å². The monoisotopic (exact) mass is 443 g/mol. The van der Waals surface area contributed by atoms with Gasteiger partial charge in [-0.15, -0.1) is 0 Å². The molecule has 0 bridgehead atoms. The zero-order valence-electron chi connectivity index (χ0n) is 17.3. The van der Waals surface area contributed by atoms with E-state index in [1.54, 1.807) is 29.7 Å². The number of amides is 1. The second-order valence-electron chi connectivity index (χ2n) is 7.61. The molecule has 4 rings (SSSR count). The van der Waals surface area contributed by atoms with Crippen molar-refractivity contribution in [1.82, 2.24) is 19.3 Å². The summed E-state index contributed by atoms with van der Waals surface area (Å²) in [5, 5.41) is 7.09. The van der Waals surface area contributed by atoms with Gasteiger partial charge in [0, 0.05) is 29.9 Å². The highest BCUT2D eigenvalue weighted by Crippen LogP contribution is 2.22. The van der Waals surface area contributed by atoms with Gasteiger partial charge in [-0.25, -0.2) is 4.79 Å². The summed E-state index contributed by atoms with van der Waals surface area (Å²) in [5.74, 6) is -0.0651. The molecule has 0 aliphatic carbocycles. The van der Waals surface area contributed by atoms with E-state index in [4.69, 9.17) is 16.1 Å². The lowest BCUT2D eigenvalue weighted by Crippen LogP contribution is -2.44. The standard InChI is InChI=1S/C21H22ClN5O4/c1-12-7-8-14(10-15(12)22)24-17(28)11-27-20(29)18(19-23-13(2)31-25-19)16-6-4-3-5-9-26(16)21(27)30/h7-8,10H,3-6,9,11H2,1-2H3,(H,24,28). The Morgan fingerprint density at radius 2 is 2.03 bits per heavy atom. The molecule has 0 saturated carbocycles. The highest BCUT2D eigenvalue weighted by atomic mass is 35.5. The fourth-order valence-electron chi connectivity index (χ4n) is 3.75. The number of rotatable bonds is 4. The fraction of sp³-hybridized carbons (Fsp3) is 0.381. The van der Waals surface area contributed by atoms with E-state index in [2.05, 4.69) is 15.5 Å². The molecule has 0 atom stereocenters. The number of carbonyl (C=O) groups is 1. The van der Waals surface area contributed by atoms with Crippen LogP contribution in [-0.4, -0.2) is 25.2 Å². The van der Waals surface area contributed by atoms with Crippen molar-refractivity contribution in [2.24, 2.45) is 0 Å². The van der Waals surface area contributed by atoms with Gasteiger partial charge in [0.05, 0.1) is 0 Å². The average molecular weight is 444 g/mol. The molecule has 9 nitrogen and oxygen atoms in total. The summed E-state index contributed by atoms with van der Waals surface area (Å²) in [6.07, 6.45) is 3.16. The predicted octanol–water partition coefficient (Wildman–Crippen LogP) is 2.70. The van der Waals surface area contributed by atoms with Gasteiger partial charge < -0.3 is 9.84 Å². The second kappa shape index (κ2) is 8.50. The quantitative estimate of drug-likeness (QED) is 0.663. The summed E-state index contributed by atoms with van der Waals surface area (Å²) in [6.45, 7) is 3.51. The third-order valence-electron chi connectivity index (χ3n) is 5.34. The number of hydrogen-bond donors (Lipinski definition) is 1. The third-order valence-corrected chi connectivity index (χ3v) is 5.75. The minimum atomic E-state index is -0.601. The van der Waals surface area contributed by atoms with E-state index in [1.165, 1.54) is 0 Å². The van der Waals surface area contributed by atoms with Gasteiger partial charge in [-0.3, -0.25) is 18.7 Å². The van der Waals surface area contributed by atoms with Crippen LogP contribution in [-0.2, 0) is 24.3 Å². The Kier molecular flexibility index (Phi) is 5.77. The van der Waals surface area contributed by atoms with Crippen LogP contribution < -0.4 is 16.6 Å². The third kappa shape index (κ3) is 4.18. The average Bonchev–Trinajstić information content (AvgIpc) is 3.00. The van der Waals surface area contributed by atoms with Crippen molar-refractivity contribution < 1.29 is 9.32 Å². The normalized spacial score (nSPS) is 13.5. The minimum absolute atomic E-state index is 0.132. The van der Waals surface area contributed by atoms with Gasteiger partial charge in [0.25, 0.3) is 5.56 Å². The number of nitrogens with one attached hydrogen (secondary N) is 1. The van der Waals surface area contributed by atoms with Crippen LogP contribution in [0, 0.1) is 13.8 Å². The highest BCUT2D eigenvalue weighted by Gasteiger charge is 2.25. The highest BCUT2D eigenvalue weighted by molar-refractivity contribution is 6.31. The molecule has 0 radical (unpaired) electrons. The Morgan fingerprint density at radius 3 is 2.74 bits per heavy atom. The molecule has 1 aliphatic heterocycles. The topological polar surface area (TPSA) is 112 Å². The van der Waals surface area contributed by atoms with Crippen LogP contribution in [0.25, 0.3) is 11.4 Å². The first kappa shape index (κ1) is 21.0. The SMILES string of the molecule is Cc1nc(-c2c3n(c(=O)n(CC(=O)Nc4ccc(C)c(Cl)c4)c2=O)CCCCC3)no1. The van der Waals surface area contributed by atoms with Gasteiger partial charge in [0.1, 0.15) is 12.1 Å². The number of nitrogens with zero attached hydrogens (tertiary/aromatic N) is 4. The number of halogens is 1. The van der Waals surface area contributed by atoms with Gasteiger partial charge in [-0.2, -0.15) is 4.98 Å². The fourth-order valence-corrected chi connectivity index (χ4v) is 3.93. The number of aromatic nitrogens is 4. The van der Waals surface area contributed by atoms with Crippen molar-refractivity contribution in [3.05, 3.63) is 61.2 Å². The number of fused-ring (bicyclic) bond motifs is 1. The van der Waals surface area contributed by atoms with E-state index in [0.29, 0.717) is 35.3 Å². The number of benzene rings is 1. The first-order chi connectivity index (χ1) is 14.8. The molecule has 1 aliphatic rings. The molecular weight excluding hydrogens is 422 g/mol. The molecule has 1 aromatic carbocycles. The number of carbonyl (C=O) groups excluding carboxylic acids is 1. The molecular formula is C21H22ClN5O4. The zero-order valence-corrected chi connectivity index (χ0v) is 18.0. The van der Waals surface area contributed by atoms with Crippen molar-refractivity contribution in [3.63, 3.8) is 0 Å². The first-order valence-corrected chi connectivity index (χ1v) is 10.5. The Hall–Kier alpha value is -3.20. The summed E-state index contributed by atoms with van der Waals surface area (Å²) in [5.41, 5.74) is 1.05. The molecule has 0 spiro atoms. The van der Waals surface area contributed by atoms with Crippen molar-refractivity contribution >= 4 is 23.2 Å². The molecule has 0 saturated heterocycles. The van der Waals surface area contributed by atoms with Crippen LogP contribution in [0.3, 0.4) is 0 Å². The molecule has 31 heavy (non-hydrogen) atoms. The maximum atomic E-state index is 13.3. The maximum absolute atomic E-state index is 13.3. The van der Waals surface area contributed by atoms with Gasteiger partial charge in [-0.05, 0) is 43.9 Å². The van der Waals surface area contributed by atoms with E-state index < -0.39 is 23.7 Å². The molecule has 3 heterocycles. The Morgan fingerprint density at radius 1 is 1.23 bits per heavy atom. The van der Waals surface area contributed by atoms with E-state index >= 15 is 0 Å². The second-order valence-corrected chi connectivity index (χ2v) is 8.01. The van der Waals surface area contributed by atoms with Gasteiger partial charge in [-0.1, -0.05) is 29.2 Å². The smallest absolute Gasteiger partial charge is 0.331 e. The van der Waals surface area contributed by atoms with Crippen LogP contribution in [0.15, 0.2) is 32.3 Å². The molecule has 2 aromatic heterocycles. The summed E-state index contributed by atoms with van der Waals surface area (Å²) in [7, 11) is 0. The van der Waals surface area contributed by atoms with Gasteiger partial charge in [0.2, 0.25) is 17.6 Å². The molecule has 162 valence electrons. The molecule has 0 fully saturated rings.